The molecular formula is C29H40N2O11. The minimum Gasteiger partial charge on any atom is -0.485 e. The summed E-state index contributed by atoms with van der Waals surface area (Å²) in [6.07, 6.45) is 1.78. The van der Waals surface area contributed by atoms with Crippen molar-refractivity contribution in [2.45, 2.75) is 45.1 Å². The molecule has 2 aliphatic heterocycles. The lowest BCUT2D eigenvalue weighted by Crippen LogP contribution is -2.54. The molecule has 13 nitrogen and oxygen atoms in total. The monoisotopic (exact) mass is 592 g/mol. The van der Waals surface area contributed by atoms with E-state index in [9.17, 15) is 24.0 Å². The van der Waals surface area contributed by atoms with Crippen LogP contribution < -0.4 is 10.1 Å². The van der Waals surface area contributed by atoms with E-state index in [4.69, 9.17) is 28.4 Å². The molecule has 1 aromatic carbocycles. The Labute approximate surface area is 245 Å². The van der Waals surface area contributed by atoms with E-state index in [0.717, 1.165) is 17.9 Å². The van der Waals surface area contributed by atoms with Crippen LogP contribution >= 0.6 is 0 Å². The largest absolute Gasteiger partial charge is 0.485 e. The van der Waals surface area contributed by atoms with Crippen molar-refractivity contribution >= 4 is 29.4 Å². The topological polar surface area (TPSA) is 156 Å². The number of fused-ring (bicyclic) bond motifs is 1. The molecule has 4 amide bonds. The van der Waals surface area contributed by atoms with Gasteiger partial charge < -0.3 is 28.4 Å². The molecule has 1 saturated heterocycles. The summed E-state index contributed by atoms with van der Waals surface area (Å²) in [7, 11) is 0. The van der Waals surface area contributed by atoms with Gasteiger partial charge in [0, 0.05) is 26.1 Å². The number of Topliss-reactive ketones (excluding diaryl/α,β-unsaturated/α-hetero) is 1. The second-order valence-corrected chi connectivity index (χ2v) is 9.62. The molecule has 0 bridgehead atoms. The number of hydrogen-bond donors (Lipinski definition) is 1. The summed E-state index contributed by atoms with van der Waals surface area (Å²) in [4.78, 5) is 62.9. The summed E-state index contributed by atoms with van der Waals surface area (Å²) < 4.78 is 32.6. The van der Waals surface area contributed by atoms with Crippen molar-refractivity contribution in [1.29, 1.82) is 0 Å². The number of hydrogen-bond acceptors (Lipinski definition) is 11. The highest BCUT2D eigenvalue weighted by atomic mass is 16.6. The zero-order valence-electron chi connectivity index (χ0n) is 24.1. The first kappa shape index (κ1) is 33.3. The van der Waals surface area contributed by atoms with Gasteiger partial charge in [0.05, 0.1) is 64.0 Å². The third-order valence-corrected chi connectivity index (χ3v) is 6.40. The van der Waals surface area contributed by atoms with Crippen LogP contribution in [0, 0.1) is 0 Å². The number of nitrogens with zero attached hydrogens (tertiary/aromatic N) is 1. The fourth-order valence-electron chi connectivity index (χ4n) is 4.33. The molecule has 0 aromatic heterocycles. The molecule has 42 heavy (non-hydrogen) atoms. The Morgan fingerprint density at radius 1 is 0.833 bits per heavy atom. The molecule has 1 aromatic rings. The lowest BCUT2D eigenvalue weighted by atomic mass is 10.0. The Bertz CT molecular complexity index is 1080. The number of carbonyl (C=O) groups is 5. The molecule has 0 radical (unpaired) electrons. The van der Waals surface area contributed by atoms with Gasteiger partial charge in [-0.3, -0.25) is 34.2 Å². The number of amides is 4. The summed E-state index contributed by atoms with van der Waals surface area (Å²) in [5.41, 5.74) is 0.101. The molecule has 1 unspecified atom stereocenters. The minimum absolute atomic E-state index is 0.00923. The van der Waals surface area contributed by atoms with Crippen molar-refractivity contribution in [1.82, 2.24) is 10.2 Å². The first-order chi connectivity index (χ1) is 20.4. The Balaban J connectivity index is 1.24. The standard InChI is InChI=1S/C29H40N2O11/c1-2-10-37-12-14-39-16-18-41-19-17-40-15-13-38-11-4-5-21(32)20-42-24-7-3-6-22-26(24)29(36)31(28(22)35)23-8-9-25(33)30-27(23)34/h3,6-7,23H,2,4-5,8-20H2,1H3,(H,30,33,34). The van der Waals surface area contributed by atoms with E-state index >= 15 is 0 Å². The van der Waals surface area contributed by atoms with E-state index in [0.29, 0.717) is 65.9 Å². The molecule has 1 atom stereocenters. The van der Waals surface area contributed by atoms with Crippen LogP contribution in [-0.2, 0) is 38.1 Å². The lowest BCUT2D eigenvalue weighted by Gasteiger charge is -2.27. The Morgan fingerprint density at radius 2 is 1.43 bits per heavy atom. The maximum Gasteiger partial charge on any atom is 0.266 e. The second-order valence-electron chi connectivity index (χ2n) is 9.62. The normalized spacial score (nSPS) is 16.6. The molecule has 232 valence electrons. The summed E-state index contributed by atoms with van der Waals surface area (Å²) in [6.45, 7) is 6.76. The van der Waals surface area contributed by atoms with Gasteiger partial charge in [0.2, 0.25) is 11.8 Å². The number of rotatable bonds is 22. The van der Waals surface area contributed by atoms with Crippen LogP contribution in [0.15, 0.2) is 18.2 Å². The van der Waals surface area contributed by atoms with E-state index < -0.39 is 29.7 Å². The van der Waals surface area contributed by atoms with Gasteiger partial charge in [0.1, 0.15) is 18.4 Å². The summed E-state index contributed by atoms with van der Waals surface area (Å²) in [5, 5.41) is 2.16. The lowest BCUT2D eigenvalue weighted by molar-refractivity contribution is -0.136. The van der Waals surface area contributed by atoms with Crippen LogP contribution in [0.3, 0.4) is 0 Å². The maximum atomic E-state index is 13.1. The highest BCUT2D eigenvalue weighted by Crippen LogP contribution is 2.33. The van der Waals surface area contributed by atoms with E-state index in [1.165, 1.54) is 12.1 Å². The first-order valence-corrected chi connectivity index (χ1v) is 14.3. The molecule has 0 aliphatic carbocycles. The molecule has 3 rings (SSSR count). The van der Waals surface area contributed by atoms with Crippen LogP contribution in [0.4, 0.5) is 0 Å². The SMILES string of the molecule is CCCOCCOCCOCCOCCOCCCC(=O)COc1cccc2c1C(=O)N(C1CCC(=O)NC1=O)C2=O. The predicted molar refractivity (Wildman–Crippen MR) is 147 cm³/mol. The van der Waals surface area contributed by atoms with Crippen molar-refractivity contribution in [2.24, 2.45) is 0 Å². The molecule has 1 N–H and O–H groups in total. The van der Waals surface area contributed by atoms with Gasteiger partial charge in [-0.25, -0.2) is 0 Å². The predicted octanol–water partition coefficient (Wildman–Crippen LogP) is 1.31. The van der Waals surface area contributed by atoms with Gasteiger partial charge >= 0.3 is 0 Å². The van der Waals surface area contributed by atoms with Crippen molar-refractivity contribution in [3.8, 4) is 5.75 Å². The highest BCUT2D eigenvalue weighted by molar-refractivity contribution is 6.24. The zero-order chi connectivity index (χ0) is 30.2. The maximum absolute atomic E-state index is 13.1. The Kier molecular flexibility index (Phi) is 14.5. The number of imide groups is 2. The van der Waals surface area contributed by atoms with Gasteiger partial charge in [-0.2, -0.15) is 0 Å². The fourth-order valence-corrected chi connectivity index (χ4v) is 4.33. The van der Waals surface area contributed by atoms with Crippen molar-refractivity contribution in [2.75, 3.05) is 72.7 Å². The number of benzene rings is 1. The average Bonchev–Trinajstić information content (AvgIpc) is 3.23. The number of piperidine rings is 1. The van der Waals surface area contributed by atoms with Gasteiger partial charge in [0.25, 0.3) is 11.8 Å². The van der Waals surface area contributed by atoms with Gasteiger partial charge in [-0.05, 0) is 31.4 Å². The molecule has 1 fully saturated rings. The quantitative estimate of drug-likeness (QED) is 0.153. The van der Waals surface area contributed by atoms with Crippen LogP contribution in [0.2, 0.25) is 0 Å². The minimum atomic E-state index is -1.07. The number of ketones is 1. The van der Waals surface area contributed by atoms with Crippen molar-refractivity contribution in [3.05, 3.63) is 29.3 Å². The van der Waals surface area contributed by atoms with Crippen LogP contribution in [0.5, 0.6) is 5.75 Å². The zero-order valence-corrected chi connectivity index (χ0v) is 24.1. The van der Waals surface area contributed by atoms with E-state index in [-0.39, 0.29) is 48.5 Å². The number of carbonyl (C=O) groups excluding carboxylic acids is 5. The summed E-state index contributed by atoms with van der Waals surface area (Å²) in [5.74, 6) is -2.56. The molecule has 0 saturated carbocycles. The Hall–Kier alpha value is -3.23. The smallest absolute Gasteiger partial charge is 0.266 e. The molecule has 2 heterocycles. The van der Waals surface area contributed by atoms with Crippen molar-refractivity contribution in [3.63, 3.8) is 0 Å². The molecular weight excluding hydrogens is 552 g/mol. The summed E-state index contributed by atoms with van der Waals surface area (Å²) >= 11 is 0. The van der Waals surface area contributed by atoms with E-state index in [1.54, 1.807) is 6.07 Å². The third kappa shape index (κ3) is 10.2. The van der Waals surface area contributed by atoms with E-state index in [1.807, 2.05) is 0 Å². The van der Waals surface area contributed by atoms with Gasteiger partial charge in [0.15, 0.2) is 5.78 Å². The average molecular weight is 593 g/mol. The van der Waals surface area contributed by atoms with Crippen molar-refractivity contribution < 1.29 is 52.4 Å². The fraction of sp³-hybridized carbons (Fsp3) is 0.621. The van der Waals surface area contributed by atoms with Gasteiger partial charge in [-0.1, -0.05) is 13.0 Å². The summed E-state index contributed by atoms with van der Waals surface area (Å²) in [6, 6.07) is 3.43. The van der Waals surface area contributed by atoms with Crippen LogP contribution in [0.25, 0.3) is 0 Å². The Morgan fingerprint density at radius 3 is 2.02 bits per heavy atom. The third-order valence-electron chi connectivity index (χ3n) is 6.40. The second kappa shape index (κ2) is 18.3. The van der Waals surface area contributed by atoms with Crippen LogP contribution in [0.1, 0.15) is 59.7 Å². The molecule has 0 spiro atoms. The highest BCUT2D eigenvalue weighted by Gasteiger charge is 2.46. The van der Waals surface area contributed by atoms with E-state index in [2.05, 4.69) is 12.2 Å². The van der Waals surface area contributed by atoms with Gasteiger partial charge in [-0.15, -0.1) is 0 Å². The van der Waals surface area contributed by atoms with Crippen LogP contribution in [-0.4, -0.2) is 113 Å². The molecule has 2 aliphatic rings. The first-order valence-electron chi connectivity index (χ1n) is 14.3. The number of nitrogens with one attached hydrogen (secondary N) is 1. The number of ether oxygens (including phenoxy) is 6. The molecule has 13 heteroatoms.